The molecule has 0 aliphatic carbocycles. The van der Waals surface area contributed by atoms with Crippen LogP contribution in [-0.2, 0) is 23.7 Å². The number of halogens is 2. The van der Waals surface area contributed by atoms with Gasteiger partial charge in [0.1, 0.15) is 0 Å². The van der Waals surface area contributed by atoms with Crippen molar-refractivity contribution in [3.8, 4) is 0 Å². The minimum absolute atomic E-state index is 0.810. The zero-order chi connectivity index (χ0) is 8.10. The Morgan fingerprint density at radius 2 is 1.82 bits per heavy atom. The molecule has 0 atom stereocenters. The van der Waals surface area contributed by atoms with E-state index >= 15 is 0 Å². The molecule has 0 nitrogen and oxygen atoms in total. The van der Waals surface area contributed by atoms with Gasteiger partial charge in [0.25, 0.3) is 0 Å². The molecule has 4 heteroatoms. The first-order valence-corrected chi connectivity index (χ1v) is 18.7. The third kappa shape index (κ3) is 4.46. The standard InChI is InChI=1S/C7H7Si.2ClH.Hf/c8-6-7-4-2-1-3-5-7;;;/h1-5H,6H2;2*1H;/q;;;+2/p-2. The molecule has 0 aromatic heterocycles. The maximum atomic E-state index is 5.82. The van der Waals surface area contributed by atoms with Gasteiger partial charge < -0.3 is 0 Å². The fraction of sp³-hybridized carbons (Fsp3) is 0.143. The van der Waals surface area contributed by atoms with Crippen LogP contribution in [0.15, 0.2) is 30.3 Å². The van der Waals surface area contributed by atoms with Gasteiger partial charge in [0.2, 0.25) is 0 Å². The minimum atomic E-state index is -1.98. The summed E-state index contributed by atoms with van der Waals surface area (Å²) in [6.45, 7) is 0. The molecule has 1 radical (unpaired) electrons. The van der Waals surface area contributed by atoms with E-state index in [1.807, 2.05) is 18.2 Å². The Labute approximate surface area is 82.4 Å². The summed E-state index contributed by atoms with van der Waals surface area (Å²) in [4.78, 5) is 0. The van der Waals surface area contributed by atoms with Crippen molar-refractivity contribution in [3.63, 3.8) is 0 Å². The second-order valence-electron chi connectivity index (χ2n) is 2.10. The van der Waals surface area contributed by atoms with E-state index < -0.39 is 17.7 Å². The van der Waals surface area contributed by atoms with Crippen LogP contribution < -0.4 is 0 Å². The van der Waals surface area contributed by atoms with Crippen LogP contribution in [0.25, 0.3) is 0 Å². The quantitative estimate of drug-likeness (QED) is 0.704. The molecule has 57 valence electrons. The second-order valence-corrected chi connectivity index (χ2v) is 25.5. The first-order chi connectivity index (χ1) is 5.29. The molecule has 0 fully saturated rings. The van der Waals surface area contributed by atoms with Gasteiger partial charge in [-0.05, 0) is 0 Å². The summed E-state index contributed by atoms with van der Waals surface area (Å²) < 4.78 is 0. The van der Waals surface area contributed by atoms with Gasteiger partial charge in [-0.2, -0.15) is 0 Å². The molecule has 0 amide bonds. The van der Waals surface area contributed by atoms with Gasteiger partial charge in [-0.25, -0.2) is 0 Å². The SMILES string of the molecule is [Cl][Hf]([Cl])=[Si]Cc1ccccc1. The summed E-state index contributed by atoms with van der Waals surface area (Å²) in [5.74, 6) is 0. The molecule has 0 saturated carbocycles. The molecule has 0 aliphatic heterocycles. The third-order valence-corrected chi connectivity index (χ3v) is 13.5. The van der Waals surface area contributed by atoms with Crippen molar-refractivity contribution in [2.24, 2.45) is 0 Å². The van der Waals surface area contributed by atoms with Crippen molar-refractivity contribution in [2.75, 3.05) is 0 Å². The summed E-state index contributed by atoms with van der Waals surface area (Å²) in [5.41, 5.74) is 1.36. The van der Waals surface area contributed by atoms with Gasteiger partial charge in [0.15, 0.2) is 0 Å². The Bertz CT molecular complexity index is 244. The second kappa shape index (κ2) is 5.52. The third-order valence-electron chi connectivity index (χ3n) is 1.27. The molecule has 1 aromatic carbocycles. The van der Waals surface area contributed by atoms with E-state index in [0.717, 1.165) is 12.3 Å². The molecule has 0 unspecified atom stereocenters. The van der Waals surface area contributed by atoms with Crippen molar-refractivity contribution < 1.29 is 17.7 Å². The number of hydrogen-bond donors (Lipinski definition) is 0. The Hall–Kier alpha value is 0.887. The zero-order valence-corrected chi connectivity index (χ0v) is 12.0. The average Bonchev–Trinajstić information content (AvgIpc) is 2.03. The Morgan fingerprint density at radius 3 is 2.36 bits per heavy atom. The molecule has 0 aliphatic rings. The predicted molar refractivity (Wildman–Crippen MR) is 47.6 cm³/mol. The average molecular weight is 369 g/mol. The molecule has 0 bridgehead atoms. The van der Waals surface area contributed by atoms with Crippen molar-refractivity contribution in [1.82, 2.24) is 0 Å². The molecular weight excluding hydrogens is 362 g/mol. The van der Waals surface area contributed by atoms with Crippen molar-refractivity contribution in [3.05, 3.63) is 35.9 Å². The van der Waals surface area contributed by atoms with Gasteiger partial charge >= 0.3 is 83.0 Å². The van der Waals surface area contributed by atoms with Crippen LogP contribution in [0.4, 0.5) is 0 Å². The van der Waals surface area contributed by atoms with Crippen LogP contribution in [0, 0.1) is 0 Å². The van der Waals surface area contributed by atoms with Gasteiger partial charge in [0.05, 0.1) is 0 Å². The van der Waals surface area contributed by atoms with Crippen LogP contribution in [0.1, 0.15) is 5.56 Å². The van der Waals surface area contributed by atoms with Crippen molar-refractivity contribution >= 4 is 23.4 Å². The summed E-state index contributed by atoms with van der Waals surface area (Å²) in [6.07, 6.45) is 0.810. The number of rotatable bonds is 2. The van der Waals surface area contributed by atoms with Crippen LogP contribution in [0.5, 0.6) is 0 Å². The van der Waals surface area contributed by atoms with E-state index in [9.17, 15) is 0 Å². The molecule has 11 heavy (non-hydrogen) atoms. The first-order valence-electron chi connectivity index (χ1n) is 3.25. The van der Waals surface area contributed by atoms with Crippen LogP contribution >= 0.6 is 17.2 Å². The number of hydrogen-bond acceptors (Lipinski definition) is 0. The summed E-state index contributed by atoms with van der Waals surface area (Å²) >= 11 is -1.98. The van der Waals surface area contributed by atoms with E-state index in [1.165, 1.54) is 5.56 Å². The van der Waals surface area contributed by atoms with Gasteiger partial charge in [-0.3, -0.25) is 0 Å². The predicted octanol–water partition coefficient (Wildman–Crippen LogP) is 2.73. The molecule has 0 saturated heterocycles. The topological polar surface area (TPSA) is 0 Å². The normalized spacial score (nSPS) is 9.27. The van der Waals surface area contributed by atoms with E-state index in [0.29, 0.717) is 0 Å². The Balaban J connectivity index is 2.59. The number of benzene rings is 1. The van der Waals surface area contributed by atoms with Crippen molar-refractivity contribution in [2.45, 2.75) is 6.04 Å². The van der Waals surface area contributed by atoms with Crippen LogP contribution in [0.2, 0.25) is 0 Å². The molecule has 1 rings (SSSR count). The zero-order valence-electron chi connectivity index (χ0n) is 5.85. The van der Waals surface area contributed by atoms with E-state index in [-0.39, 0.29) is 0 Å². The molecular formula is C7H7Cl2HfSi. The molecule has 0 spiro atoms. The Morgan fingerprint density at radius 1 is 1.18 bits per heavy atom. The first kappa shape index (κ1) is 9.97. The van der Waals surface area contributed by atoms with Gasteiger partial charge in [-0.1, -0.05) is 0 Å². The summed E-state index contributed by atoms with van der Waals surface area (Å²) in [7, 11) is 11.6. The summed E-state index contributed by atoms with van der Waals surface area (Å²) in [5, 5.41) is 0. The van der Waals surface area contributed by atoms with Gasteiger partial charge in [-0.15, -0.1) is 0 Å². The molecule has 0 heterocycles. The Kier molecular flexibility index (Phi) is 5.00. The monoisotopic (exact) mass is 369 g/mol. The summed E-state index contributed by atoms with van der Waals surface area (Å²) in [6, 6.07) is 11.4. The van der Waals surface area contributed by atoms with Crippen molar-refractivity contribution in [1.29, 1.82) is 0 Å². The maximum absolute atomic E-state index is 5.82. The van der Waals surface area contributed by atoms with E-state index in [1.54, 1.807) is 0 Å². The van der Waals surface area contributed by atoms with E-state index in [4.69, 9.17) is 17.2 Å². The van der Waals surface area contributed by atoms with Gasteiger partial charge in [0, 0.05) is 0 Å². The van der Waals surface area contributed by atoms with Crippen LogP contribution in [-0.4, -0.2) is 6.22 Å². The van der Waals surface area contributed by atoms with E-state index in [2.05, 4.69) is 12.1 Å². The fourth-order valence-electron chi connectivity index (χ4n) is 0.765. The molecule has 0 N–H and O–H groups in total. The fourth-order valence-corrected chi connectivity index (χ4v) is 8.26. The molecule has 1 aromatic rings. The van der Waals surface area contributed by atoms with Crippen LogP contribution in [0.3, 0.4) is 0 Å².